The fourth-order valence-electron chi connectivity index (χ4n) is 1.86. The molecule has 0 radical (unpaired) electrons. The highest BCUT2D eigenvalue weighted by Gasteiger charge is 2.23. The quantitative estimate of drug-likeness (QED) is 0.853. The van der Waals surface area contributed by atoms with E-state index in [1.807, 2.05) is 0 Å². The van der Waals surface area contributed by atoms with E-state index in [0.717, 1.165) is 19.5 Å². The van der Waals surface area contributed by atoms with E-state index in [2.05, 4.69) is 17.6 Å². The second-order valence-electron chi connectivity index (χ2n) is 4.15. The van der Waals surface area contributed by atoms with Crippen LogP contribution < -0.4 is 10.6 Å². The molecule has 3 nitrogen and oxygen atoms in total. The van der Waals surface area contributed by atoms with E-state index < -0.39 is 0 Å². The van der Waals surface area contributed by atoms with Crippen molar-refractivity contribution in [1.29, 1.82) is 0 Å². The first-order chi connectivity index (χ1) is 7.66. The van der Waals surface area contributed by atoms with E-state index in [0.29, 0.717) is 15.1 Å². The van der Waals surface area contributed by atoms with Gasteiger partial charge in [0, 0.05) is 12.6 Å². The Morgan fingerprint density at radius 2 is 2.44 bits per heavy atom. The highest BCUT2D eigenvalue weighted by Crippen LogP contribution is 2.21. The lowest BCUT2D eigenvalue weighted by Gasteiger charge is -2.30. The zero-order valence-corrected chi connectivity index (χ0v) is 10.7. The summed E-state index contributed by atoms with van der Waals surface area (Å²) in [6.45, 7) is 4.07. The zero-order chi connectivity index (χ0) is 11.5. The molecular formula is C11H15ClN2OS. The molecule has 0 aromatic carbocycles. The molecule has 2 rings (SSSR count). The molecule has 0 saturated carbocycles. The molecule has 2 unspecified atom stereocenters. The third-order valence-corrected chi connectivity index (χ3v) is 4.17. The van der Waals surface area contributed by atoms with Crippen LogP contribution in [-0.2, 0) is 0 Å². The smallest absolute Gasteiger partial charge is 0.261 e. The predicted molar refractivity (Wildman–Crippen MR) is 67.2 cm³/mol. The van der Waals surface area contributed by atoms with Crippen molar-refractivity contribution in [3.8, 4) is 0 Å². The lowest BCUT2D eigenvalue weighted by Crippen LogP contribution is -2.50. The fourth-order valence-corrected chi connectivity index (χ4v) is 2.81. The van der Waals surface area contributed by atoms with Gasteiger partial charge in [0.1, 0.15) is 0 Å². The molecule has 2 heterocycles. The van der Waals surface area contributed by atoms with Gasteiger partial charge in [0.15, 0.2) is 0 Å². The first-order valence-electron chi connectivity index (χ1n) is 5.44. The monoisotopic (exact) mass is 258 g/mol. The lowest BCUT2D eigenvalue weighted by molar-refractivity contribution is 0.0919. The van der Waals surface area contributed by atoms with Crippen LogP contribution in [0, 0.1) is 5.92 Å². The first-order valence-corrected chi connectivity index (χ1v) is 6.63. The molecule has 1 aliphatic heterocycles. The molecule has 1 aromatic rings. The third-order valence-electron chi connectivity index (χ3n) is 2.94. The maximum Gasteiger partial charge on any atom is 0.261 e. The SMILES string of the molecule is CC1CCNCC1NC(=O)c1ccc(Cl)s1. The van der Waals surface area contributed by atoms with Crippen LogP contribution in [0.5, 0.6) is 0 Å². The van der Waals surface area contributed by atoms with Gasteiger partial charge in [0.05, 0.1) is 9.21 Å². The van der Waals surface area contributed by atoms with Crippen LogP contribution in [0.15, 0.2) is 12.1 Å². The topological polar surface area (TPSA) is 41.1 Å². The summed E-state index contributed by atoms with van der Waals surface area (Å²) in [5.41, 5.74) is 0. The molecule has 2 N–H and O–H groups in total. The zero-order valence-electron chi connectivity index (χ0n) is 9.13. The van der Waals surface area contributed by atoms with Gasteiger partial charge < -0.3 is 10.6 Å². The molecule has 2 atom stereocenters. The van der Waals surface area contributed by atoms with Crippen molar-refractivity contribution in [2.45, 2.75) is 19.4 Å². The van der Waals surface area contributed by atoms with Crippen LogP contribution in [0.2, 0.25) is 4.34 Å². The number of nitrogens with one attached hydrogen (secondary N) is 2. The van der Waals surface area contributed by atoms with Crippen LogP contribution in [-0.4, -0.2) is 25.0 Å². The first kappa shape index (κ1) is 11.9. The summed E-state index contributed by atoms with van der Waals surface area (Å²) in [5.74, 6) is 0.512. The second kappa shape index (κ2) is 5.17. The number of halogens is 1. The number of hydrogen-bond donors (Lipinski definition) is 2. The molecule has 5 heteroatoms. The summed E-state index contributed by atoms with van der Waals surface area (Å²) in [4.78, 5) is 12.6. The van der Waals surface area contributed by atoms with Gasteiger partial charge in [-0.3, -0.25) is 4.79 Å². The van der Waals surface area contributed by atoms with Gasteiger partial charge in [-0.2, -0.15) is 0 Å². The molecule has 88 valence electrons. The number of amides is 1. The van der Waals surface area contributed by atoms with Crippen LogP contribution in [0.1, 0.15) is 23.0 Å². The number of carbonyl (C=O) groups is 1. The van der Waals surface area contributed by atoms with Gasteiger partial charge in [0.2, 0.25) is 0 Å². The Balaban J connectivity index is 1.96. The lowest BCUT2D eigenvalue weighted by atomic mass is 9.95. The normalized spacial score (nSPS) is 25.4. The molecule has 1 saturated heterocycles. The average molecular weight is 259 g/mol. The highest BCUT2D eigenvalue weighted by molar-refractivity contribution is 7.17. The van der Waals surface area contributed by atoms with Crippen LogP contribution >= 0.6 is 22.9 Å². The Bertz CT molecular complexity index is 380. The molecule has 16 heavy (non-hydrogen) atoms. The van der Waals surface area contributed by atoms with Crippen molar-refractivity contribution in [3.63, 3.8) is 0 Å². The Morgan fingerprint density at radius 3 is 3.06 bits per heavy atom. The van der Waals surface area contributed by atoms with Crippen LogP contribution in [0.25, 0.3) is 0 Å². The second-order valence-corrected chi connectivity index (χ2v) is 5.87. The summed E-state index contributed by atoms with van der Waals surface area (Å²) in [5, 5.41) is 6.34. The van der Waals surface area contributed by atoms with Crippen molar-refractivity contribution in [3.05, 3.63) is 21.3 Å². The van der Waals surface area contributed by atoms with Crippen molar-refractivity contribution < 1.29 is 4.79 Å². The summed E-state index contributed by atoms with van der Waals surface area (Å²) in [6.07, 6.45) is 1.11. The molecule has 0 spiro atoms. The molecular weight excluding hydrogens is 244 g/mol. The number of thiophene rings is 1. The van der Waals surface area contributed by atoms with Crippen LogP contribution in [0.4, 0.5) is 0 Å². The number of carbonyl (C=O) groups excluding carboxylic acids is 1. The van der Waals surface area contributed by atoms with Gasteiger partial charge >= 0.3 is 0 Å². The van der Waals surface area contributed by atoms with E-state index >= 15 is 0 Å². The van der Waals surface area contributed by atoms with Crippen molar-refractivity contribution in [2.24, 2.45) is 5.92 Å². The van der Waals surface area contributed by atoms with E-state index in [4.69, 9.17) is 11.6 Å². The fraction of sp³-hybridized carbons (Fsp3) is 0.545. The van der Waals surface area contributed by atoms with Crippen LogP contribution in [0.3, 0.4) is 0 Å². The van der Waals surface area contributed by atoms with Gasteiger partial charge in [-0.15, -0.1) is 11.3 Å². The minimum atomic E-state index is -0.0162. The Morgan fingerprint density at radius 1 is 1.62 bits per heavy atom. The number of piperidine rings is 1. The van der Waals surface area contributed by atoms with Gasteiger partial charge in [-0.25, -0.2) is 0 Å². The Labute approximate surface area is 104 Å². The van der Waals surface area contributed by atoms with Gasteiger partial charge in [-0.05, 0) is 31.0 Å². The molecule has 0 aliphatic carbocycles. The van der Waals surface area contributed by atoms with E-state index in [9.17, 15) is 4.79 Å². The molecule has 1 amide bonds. The van der Waals surface area contributed by atoms with Gasteiger partial charge in [-0.1, -0.05) is 18.5 Å². The van der Waals surface area contributed by atoms with Crippen molar-refractivity contribution >= 4 is 28.8 Å². The van der Waals surface area contributed by atoms with E-state index in [1.165, 1.54) is 11.3 Å². The molecule has 1 aliphatic rings. The van der Waals surface area contributed by atoms with E-state index in [1.54, 1.807) is 12.1 Å². The minimum absolute atomic E-state index is 0.0162. The number of hydrogen-bond acceptors (Lipinski definition) is 3. The summed E-state index contributed by atoms with van der Waals surface area (Å²) < 4.78 is 0.653. The highest BCUT2D eigenvalue weighted by atomic mass is 35.5. The molecule has 1 aromatic heterocycles. The van der Waals surface area contributed by atoms with E-state index in [-0.39, 0.29) is 11.9 Å². The predicted octanol–water partition coefficient (Wildman–Crippen LogP) is 2.13. The maximum atomic E-state index is 11.9. The Hall–Kier alpha value is -0.580. The molecule has 0 bridgehead atoms. The summed E-state index contributed by atoms with van der Waals surface area (Å²) >= 11 is 7.12. The standard InChI is InChI=1S/C11H15ClN2OS/c1-7-4-5-13-6-8(7)14-11(15)9-2-3-10(12)16-9/h2-3,7-8,13H,4-6H2,1H3,(H,14,15). The largest absolute Gasteiger partial charge is 0.347 e. The number of rotatable bonds is 2. The summed E-state index contributed by atoms with van der Waals surface area (Å²) in [7, 11) is 0. The maximum absolute atomic E-state index is 11.9. The van der Waals surface area contributed by atoms with Crippen molar-refractivity contribution in [2.75, 3.05) is 13.1 Å². The Kier molecular flexibility index (Phi) is 3.84. The summed E-state index contributed by atoms with van der Waals surface area (Å²) in [6, 6.07) is 3.74. The third kappa shape index (κ3) is 2.75. The minimum Gasteiger partial charge on any atom is -0.347 e. The molecule has 1 fully saturated rings. The average Bonchev–Trinajstić information content (AvgIpc) is 2.68. The van der Waals surface area contributed by atoms with Crippen molar-refractivity contribution in [1.82, 2.24) is 10.6 Å². The van der Waals surface area contributed by atoms with Gasteiger partial charge in [0.25, 0.3) is 5.91 Å².